The van der Waals surface area contributed by atoms with Crippen molar-refractivity contribution >= 4 is 5.69 Å². The molecule has 1 heterocycles. The third kappa shape index (κ3) is 5.08. The molecule has 24 heavy (non-hydrogen) atoms. The number of nitrogens with zero attached hydrogens (tertiary/aromatic N) is 4. The van der Waals surface area contributed by atoms with Crippen molar-refractivity contribution in [1.29, 1.82) is 0 Å². The van der Waals surface area contributed by atoms with Crippen LogP contribution in [-0.4, -0.2) is 60.5 Å². The standard InChI is InChI=1S/C15H20N4O5/c1-22-9-7-18(8-10-23-2)11-14-16-17-15(24-14)12-3-5-13(6-4-12)19(20)21/h3-6H,7-11H2,1-2H3. The van der Waals surface area contributed by atoms with Crippen molar-refractivity contribution < 1.29 is 18.8 Å². The van der Waals surface area contributed by atoms with Crippen molar-refractivity contribution in [2.45, 2.75) is 6.54 Å². The molecule has 0 N–H and O–H groups in total. The first-order chi connectivity index (χ1) is 11.6. The summed E-state index contributed by atoms with van der Waals surface area (Å²) in [5, 5.41) is 18.7. The molecule has 0 aliphatic carbocycles. The molecule has 2 aromatic rings. The van der Waals surface area contributed by atoms with Crippen molar-refractivity contribution in [3.8, 4) is 11.5 Å². The van der Waals surface area contributed by atoms with Crippen LogP contribution in [0.2, 0.25) is 0 Å². The van der Waals surface area contributed by atoms with Gasteiger partial charge in [0.25, 0.3) is 5.69 Å². The molecule has 0 aliphatic rings. The molecule has 130 valence electrons. The van der Waals surface area contributed by atoms with Crippen LogP contribution in [0.15, 0.2) is 28.7 Å². The van der Waals surface area contributed by atoms with Crippen molar-refractivity contribution in [3.63, 3.8) is 0 Å². The van der Waals surface area contributed by atoms with E-state index in [0.29, 0.717) is 37.1 Å². The first-order valence-corrected chi connectivity index (χ1v) is 7.41. The van der Waals surface area contributed by atoms with Gasteiger partial charge >= 0.3 is 0 Å². The van der Waals surface area contributed by atoms with E-state index in [4.69, 9.17) is 13.9 Å². The average molecular weight is 336 g/mol. The van der Waals surface area contributed by atoms with Crippen LogP contribution in [0, 0.1) is 10.1 Å². The molecule has 0 saturated carbocycles. The van der Waals surface area contributed by atoms with E-state index in [0.717, 1.165) is 13.1 Å². The minimum atomic E-state index is -0.452. The molecule has 0 radical (unpaired) electrons. The molecule has 0 amide bonds. The number of rotatable bonds is 10. The van der Waals surface area contributed by atoms with E-state index in [9.17, 15) is 10.1 Å². The number of aromatic nitrogens is 2. The maximum Gasteiger partial charge on any atom is 0.269 e. The maximum absolute atomic E-state index is 10.7. The minimum Gasteiger partial charge on any atom is -0.419 e. The predicted octanol–water partition coefficient (Wildman–Crippen LogP) is 1.74. The van der Waals surface area contributed by atoms with E-state index >= 15 is 0 Å². The molecule has 9 heteroatoms. The zero-order chi connectivity index (χ0) is 17.4. The lowest BCUT2D eigenvalue weighted by Crippen LogP contribution is -2.30. The van der Waals surface area contributed by atoms with Crippen molar-refractivity contribution in [2.75, 3.05) is 40.5 Å². The number of nitro groups is 1. The van der Waals surface area contributed by atoms with E-state index in [-0.39, 0.29) is 5.69 Å². The van der Waals surface area contributed by atoms with Gasteiger partial charge in [0.05, 0.1) is 24.7 Å². The Labute approximate surface area is 139 Å². The van der Waals surface area contributed by atoms with E-state index in [1.54, 1.807) is 26.4 Å². The van der Waals surface area contributed by atoms with Gasteiger partial charge in [-0.15, -0.1) is 10.2 Å². The zero-order valence-electron chi connectivity index (χ0n) is 13.7. The molecular weight excluding hydrogens is 316 g/mol. The lowest BCUT2D eigenvalue weighted by molar-refractivity contribution is -0.384. The lowest BCUT2D eigenvalue weighted by atomic mass is 10.2. The second kappa shape index (κ2) is 9.06. The summed E-state index contributed by atoms with van der Waals surface area (Å²) in [6.45, 7) is 3.09. The zero-order valence-corrected chi connectivity index (χ0v) is 13.7. The predicted molar refractivity (Wildman–Crippen MR) is 85.4 cm³/mol. The highest BCUT2D eigenvalue weighted by Crippen LogP contribution is 2.21. The molecule has 0 atom stereocenters. The Morgan fingerprint density at radius 3 is 2.29 bits per heavy atom. The smallest absolute Gasteiger partial charge is 0.269 e. The van der Waals surface area contributed by atoms with E-state index < -0.39 is 4.92 Å². The van der Waals surface area contributed by atoms with Crippen LogP contribution in [0.1, 0.15) is 5.89 Å². The highest BCUT2D eigenvalue weighted by Gasteiger charge is 2.14. The summed E-state index contributed by atoms with van der Waals surface area (Å²) < 4.78 is 15.8. The molecule has 0 unspecified atom stereocenters. The molecule has 1 aromatic heterocycles. The highest BCUT2D eigenvalue weighted by molar-refractivity contribution is 5.55. The molecule has 0 bridgehead atoms. The topological polar surface area (TPSA) is 104 Å². The first-order valence-electron chi connectivity index (χ1n) is 7.41. The average Bonchev–Trinajstić information content (AvgIpc) is 3.06. The Kier molecular flexibility index (Phi) is 6.79. The molecular formula is C15H20N4O5. The molecule has 2 rings (SSSR count). The highest BCUT2D eigenvalue weighted by atomic mass is 16.6. The summed E-state index contributed by atoms with van der Waals surface area (Å²) in [4.78, 5) is 12.3. The van der Waals surface area contributed by atoms with Gasteiger partial charge in [-0.3, -0.25) is 15.0 Å². The van der Waals surface area contributed by atoms with E-state index in [1.165, 1.54) is 12.1 Å². The monoisotopic (exact) mass is 336 g/mol. The molecule has 0 saturated heterocycles. The summed E-state index contributed by atoms with van der Waals surface area (Å²) in [7, 11) is 3.29. The second-order valence-corrected chi connectivity index (χ2v) is 5.07. The summed E-state index contributed by atoms with van der Waals surface area (Å²) in [5.41, 5.74) is 0.656. The second-order valence-electron chi connectivity index (χ2n) is 5.07. The van der Waals surface area contributed by atoms with Crippen molar-refractivity contribution in [3.05, 3.63) is 40.3 Å². The van der Waals surface area contributed by atoms with Gasteiger partial charge in [0, 0.05) is 45.0 Å². The van der Waals surface area contributed by atoms with Crippen molar-refractivity contribution in [1.82, 2.24) is 15.1 Å². The summed E-state index contributed by atoms with van der Waals surface area (Å²) in [6.07, 6.45) is 0. The Morgan fingerprint density at radius 2 is 1.75 bits per heavy atom. The quantitative estimate of drug-likeness (QED) is 0.477. The summed E-state index contributed by atoms with van der Waals surface area (Å²) in [6, 6.07) is 5.98. The molecule has 0 spiro atoms. The minimum absolute atomic E-state index is 0.0174. The SMILES string of the molecule is COCCN(CCOC)Cc1nnc(-c2ccc([N+](=O)[O-])cc2)o1. The molecule has 1 aromatic carbocycles. The Bertz CT molecular complexity index is 636. The lowest BCUT2D eigenvalue weighted by Gasteiger charge is -2.19. The molecule has 0 aliphatic heterocycles. The number of hydrogen-bond donors (Lipinski definition) is 0. The number of methoxy groups -OCH3 is 2. The van der Waals surface area contributed by atoms with Crippen LogP contribution >= 0.6 is 0 Å². The fourth-order valence-corrected chi connectivity index (χ4v) is 2.06. The summed E-state index contributed by atoms with van der Waals surface area (Å²) >= 11 is 0. The van der Waals surface area contributed by atoms with Crippen LogP contribution in [0.4, 0.5) is 5.69 Å². The van der Waals surface area contributed by atoms with E-state index in [1.807, 2.05) is 0 Å². The third-order valence-electron chi connectivity index (χ3n) is 3.37. The fraction of sp³-hybridized carbons (Fsp3) is 0.467. The number of nitro benzene ring substituents is 1. The van der Waals surface area contributed by atoms with Crippen molar-refractivity contribution in [2.24, 2.45) is 0 Å². The third-order valence-corrected chi connectivity index (χ3v) is 3.37. The van der Waals surface area contributed by atoms with Crippen LogP contribution in [0.5, 0.6) is 0 Å². The Morgan fingerprint density at radius 1 is 1.12 bits per heavy atom. The van der Waals surface area contributed by atoms with Crippen LogP contribution in [0.25, 0.3) is 11.5 Å². The van der Waals surface area contributed by atoms with Crippen LogP contribution in [0.3, 0.4) is 0 Å². The number of non-ortho nitro benzene ring substituents is 1. The Hall–Kier alpha value is -2.36. The normalized spacial score (nSPS) is 11.1. The van der Waals surface area contributed by atoms with Gasteiger partial charge in [-0.05, 0) is 12.1 Å². The number of hydrogen-bond acceptors (Lipinski definition) is 8. The first kappa shape index (κ1) is 18.0. The largest absolute Gasteiger partial charge is 0.419 e. The van der Waals surface area contributed by atoms with E-state index in [2.05, 4.69) is 15.1 Å². The van der Waals surface area contributed by atoms with Crippen LogP contribution < -0.4 is 0 Å². The fourth-order valence-electron chi connectivity index (χ4n) is 2.06. The van der Waals surface area contributed by atoms with Crippen LogP contribution in [-0.2, 0) is 16.0 Å². The van der Waals surface area contributed by atoms with Gasteiger partial charge in [-0.25, -0.2) is 0 Å². The number of ether oxygens (including phenoxy) is 2. The van der Waals surface area contributed by atoms with Gasteiger partial charge in [0.2, 0.25) is 11.8 Å². The summed E-state index contributed by atoms with van der Waals surface area (Å²) in [5.74, 6) is 0.800. The van der Waals surface area contributed by atoms with Gasteiger partial charge in [0.15, 0.2) is 0 Å². The maximum atomic E-state index is 10.7. The molecule has 9 nitrogen and oxygen atoms in total. The molecule has 0 fully saturated rings. The number of benzene rings is 1. The van der Waals surface area contributed by atoms with Gasteiger partial charge in [0.1, 0.15) is 0 Å². The van der Waals surface area contributed by atoms with Gasteiger partial charge < -0.3 is 13.9 Å². The van der Waals surface area contributed by atoms with Gasteiger partial charge in [-0.2, -0.15) is 0 Å². The Balaban J connectivity index is 2.03. The van der Waals surface area contributed by atoms with Gasteiger partial charge in [-0.1, -0.05) is 0 Å².